The summed E-state index contributed by atoms with van der Waals surface area (Å²) >= 11 is 0. The summed E-state index contributed by atoms with van der Waals surface area (Å²) in [6.45, 7) is 0.807. The lowest BCUT2D eigenvalue weighted by Crippen LogP contribution is -2.20. The first-order valence-electron chi connectivity index (χ1n) is 5.99. The van der Waals surface area contributed by atoms with Crippen LogP contribution >= 0.6 is 0 Å². The Bertz CT molecular complexity index is 322. The van der Waals surface area contributed by atoms with Crippen LogP contribution in [0.15, 0.2) is 0 Å². The minimum Gasteiger partial charge on any atom is -0.481 e. The van der Waals surface area contributed by atoms with Gasteiger partial charge in [0.15, 0.2) is 0 Å². The molecule has 0 bridgehead atoms. The molecule has 0 radical (unpaired) electrons. The molecule has 0 saturated heterocycles. The van der Waals surface area contributed by atoms with Crippen LogP contribution in [0.5, 0.6) is 0 Å². The van der Waals surface area contributed by atoms with Gasteiger partial charge >= 0.3 is 11.9 Å². The third kappa shape index (κ3) is 3.17. The van der Waals surface area contributed by atoms with Gasteiger partial charge in [0.2, 0.25) is 0 Å². The average Bonchev–Trinajstić information content (AvgIpc) is 3.24. The van der Waals surface area contributed by atoms with Crippen LogP contribution in [0.25, 0.3) is 0 Å². The van der Waals surface area contributed by atoms with Crippen molar-refractivity contribution >= 4 is 11.9 Å². The number of hydrogen-bond acceptors (Lipinski definition) is 3. The van der Waals surface area contributed by atoms with E-state index in [0.29, 0.717) is 32.3 Å². The van der Waals surface area contributed by atoms with Crippen LogP contribution < -0.4 is 0 Å². The Morgan fingerprint density at radius 2 is 1.56 bits per heavy atom. The highest BCUT2D eigenvalue weighted by molar-refractivity contribution is 5.80. The number of carbonyl (C=O) groups excluding carboxylic acids is 1. The Labute approximate surface area is 104 Å². The van der Waals surface area contributed by atoms with E-state index in [1.54, 1.807) is 6.92 Å². The molecule has 0 heterocycles. The SMILES string of the molecule is CCOC(=O)C1(CF)CC1.O=C(O)C1(CF)CC1. The third-order valence-electron chi connectivity index (χ3n) is 3.38. The van der Waals surface area contributed by atoms with Gasteiger partial charge in [-0.3, -0.25) is 9.59 Å². The zero-order valence-corrected chi connectivity index (χ0v) is 10.4. The van der Waals surface area contributed by atoms with Gasteiger partial charge in [-0.2, -0.15) is 0 Å². The van der Waals surface area contributed by atoms with Crippen LogP contribution in [0.3, 0.4) is 0 Å². The number of halogens is 2. The predicted molar refractivity (Wildman–Crippen MR) is 59.6 cm³/mol. The molecule has 4 nitrogen and oxygen atoms in total. The van der Waals surface area contributed by atoms with Crippen LogP contribution in [0.2, 0.25) is 0 Å². The number of alkyl halides is 2. The van der Waals surface area contributed by atoms with Gasteiger partial charge in [0.05, 0.1) is 17.4 Å². The van der Waals surface area contributed by atoms with E-state index in [2.05, 4.69) is 4.74 Å². The maximum Gasteiger partial charge on any atom is 0.314 e. The minimum absolute atomic E-state index is 0.348. The van der Waals surface area contributed by atoms with Gasteiger partial charge in [-0.1, -0.05) is 0 Å². The Morgan fingerprint density at radius 1 is 1.11 bits per heavy atom. The number of esters is 1. The maximum atomic E-state index is 12.1. The summed E-state index contributed by atoms with van der Waals surface area (Å²) in [5, 5.41) is 8.26. The summed E-state index contributed by atoms with van der Waals surface area (Å²) < 4.78 is 28.5. The fraction of sp³-hybridized carbons (Fsp3) is 0.833. The molecule has 0 amide bonds. The second kappa shape index (κ2) is 5.63. The van der Waals surface area contributed by atoms with E-state index in [1.165, 1.54) is 0 Å². The number of carboxylic acid groups (broad SMARTS) is 1. The monoisotopic (exact) mass is 264 g/mol. The summed E-state index contributed by atoms with van der Waals surface area (Å²) in [7, 11) is 0. The van der Waals surface area contributed by atoms with Gasteiger partial charge in [-0.05, 0) is 32.6 Å². The van der Waals surface area contributed by atoms with Crippen LogP contribution in [-0.4, -0.2) is 37.0 Å². The first-order valence-corrected chi connectivity index (χ1v) is 5.99. The van der Waals surface area contributed by atoms with Gasteiger partial charge in [0.1, 0.15) is 13.3 Å². The molecule has 2 rings (SSSR count). The lowest BCUT2D eigenvalue weighted by atomic mass is 10.1. The van der Waals surface area contributed by atoms with Gasteiger partial charge in [-0.15, -0.1) is 0 Å². The molecular weight excluding hydrogens is 246 g/mol. The molecule has 0 aromatic rings. The molecule has 0 aromatic heterocycles. The molecule has 2 fully saturated rings. The first-order chi connectivity index (χ1) is 8.46. The molecule has 0 spiro atoms. The van der Waals surface area contributed by atoms with E-state index in [9.17, 15) is 18.4 Å². The van der Waals surface area contributed by atoms with Crippen LogP contribution in [0.1, 0.15) is 32.6 Å². The molecular formula is C12H18F2O4. The zero-order chi connectivity index (χ0) is 13.8. The number of carbonyl (C=O) groups is 2. The van der Waals surface area contributed by atoms with E-state index in [0.717, 1.165) is 0 Å². The van der Waals surface area contributed by atoms with Crippen molar-refractivity contribution in [2.75, 3.05) is 20.0 Å². The molecule has 1 N–H and O–H groups in total. The van der Waals surface area contributed by atoms with E-state index in [1.807, 2.05) is 0 Å². The highest BCUT2D eigenvalue weighted by atomic mass is 19.1. The third-order valence-corrected chi connectivity index (χ3v) is 3.38. The summed E-state index contributed by atoms with van der Waals surface area (Å²) in [5.74, 6) is -1.35. The Morgan fingerprint density at radius 3 is 1.72 bits per heavy atom. The molecule has 104 valence electrons. The van der Waals surface area contributed by atoms with E-state index >= 15 is 0 Å². The molecule has 0 unspecified atom stereocenters. The average molecular weight is 264 g/mol. The highest BCUT2D eigenvalue weighted by Gasteiger charge is 2.51. The molecule has 18 heavy (non-hydrogen) atoms. The Kier molecular flexibility index (Phi) is 4.65. The Balaban J connectivity index is 0.000000184. The van der Waals surface area contributed by atoms with Gasteiger partial charge < -0.3 is 9.84 Å². The summed E-state index contributed by atoms with van der Waals surface area (Å²) in [4.78, 5) is 21.0. The molecule has 0 aliphatic heterocycles. The second-order valence-corrected chi connectivity index (χ2v) is 4.85. The largest absolute Gasteiger partial charge is 0.481 e. The molecule has 0 atom stereocenters. The summed E-state index contributed by atoms with van der Waals surface area (Å²) in [5.41, 5.74) is -1.68. The van der Waals surface area contributed by atoms with Crippen molar-refractivity contribution in [2.24, 2.45) is 10.8 Å². The topological polar surface area (TPSA) is 63.6 Å². The normalized spacial score (nSPS) is 21.3. The number of aliphatic carboxylic acids is 1. The standard InChI is InChI=1S/C7H11FO2.C5H7FO2/c1-2-10-6(9)7(5-8)3-4-7;6-3-5(1-2-5)4(7)8/h2-5H2,1H3;1-3H2,(H,7,8). The van der Waals surface area contributed by atoms with E-state index in [4.69, 9.17) is 5.11 Å². The van der Waals surface area contributed by atoms with Gasteiger partial charge in [-0.25, -0.2) is 8.78 Å². The smallest absolute Gasteiger partial charge is 0.314 e. The van der Waals surface area contributed by atoms with Crippen molar-refractivity contribution in [1.29, 1.82) is 0 Å². The molecule has 2 aliphatic rings. The van der Waals surface area contributed by atoms with Crippen molar-refractivity contribution in [2.45, 2.75) is 32.6 Å². The van der Waals surface area contributed by atoms with Crippen LogP contribution in [0.4, 0.5) is 8.78 Å². The van der Waals surface area contributed by atoms with E-state index in [-0.39, 0.29) is 5.97 Å². The quantitative estimate of drug-likeness (QED) is 0.772. The molecule has 0 aromatic carbocycles. The van der Waals surface area contributed by atoms with E-state index < -0.39 is 30.1 Å². The van der Waals surface area contributed by atoms with Gasteiger partial charge in [0, 0.05) is 0 Å². The molecule has 2 saturated carbocycles. The highest BCUT2D eigenvalue weighted by Crippen LogP contribution is 2.47. The predicted octanol–water partition coefficient (Wildman–Crippen LogP) is 2.12. The first kappa shape index (κ1) is 14.9. The van der Waals surface area contributed by atoms with Crippen molar-refractivity contribution in [1.82, 2.24) is 0 Å². The number of hydrogen-bond donors (Lipinski definition) is 1. The van der Waals surface area contributed by atoms with Crippen molar-refractivity contribution in [3.63, 3.8) is 0 Å². The van der Waals surface area contributed by atoms with Crippen molar-refractivity contribution in [3.8, 4) is 0 Å². The van der Waals surface area contributed by atoms with Crippen molar-refractivity contribution < 1.29 is 28.2 Å². The minimum atomic E-state index is -0.986. The van der Waals surface area contributed by atoms with Gasteiger partial charge in [0.25, 0.3) is 0 Å². The fourth-order valence-corrected chi connectivity index (χ4v) is 1.38. The molecule has 6 heteroatoms. The van der Waals surface area contributed by atoms with Crippen molar-refractivity contribution in [3.05, 3.63) is 0 Å². The lowest BCUT2D eigenvalue weighted by molar-refractivity contribution is -0.150. The second-order valence-electron chi connectivity index (χ2n) is 4.85. The number of rotatable bonds is 5. The number of carboxylic acids is 1. The zero-order valence-electron chi connectivity index (χ0n) is 10.4. The lowest BCUT2D eigenvalue weighted by Gasteiger charge is -2.07. The fourth-order valence-electron chi connectivity index (χ4n) is 1.38. The van der Waals surface area contributed by atoms with Crippen LogP contribution in [0, 0.1) is 10.8 Å². The van der Waals surface area contributed by atoms with Crippen LogP contribution in [-0.2, 0) is 14.3 Å². The maximum absolute atomic E-state index is 12.1. The summed E-state index contributed by atoms with van der Waals surface area (Å²) in [6, 6.07) is 0. The molecule has 2 aliphatic carbocycles. The number of ether oxygens (including phenoxy) is 1. The summed E-state index contributed by atoms with van der Waals surface area (Å²) in [6.07, 6.45) is 2.34. The Hall–Kier alpha value is -1.20.